The molecule has 0 bridgehead atoms. The first-order valence-electron chi connectivity index (χ1n) is 7.28. The standard InChI is InChI=1S/C14H23N3O7/c1-4-5-8(15)12(20)13(21)16-7-10(18)17-9(14(22)24-3)6-11(19)23-2/h8-9H,4-7,15H2,1-3H3,(H,16,21)(H,17,18). The summed E-state index contributed by atoms with van der Waals surface area (Å²) in [6, 6.07) is -2.19. The van der Waals surface area contributed by atoms with Gasteiger partial charge in [-0.3, -0.25) is 19.2 Å². The monoisotopic (exact) mass is 345 g/mol. The zero-order valence-corrected chi connectivity index (χ0v) is 13.9. The molecule has 2 amide bonds. The number of carbonyl (C=O) groups excluding carboxylic acids is 5. The molecule has 0 aliphatic carbocycles. The number of ether oxygens (including phenoxy) is 2. The molecular weight excluding hydrogens is 322 g/mol. The number of nitrogens with one attached hydrogen (secondary N) is 2. The molecule has 0 rings (SSSR count). The number of hydrogen-bond acceptors (Lipinski definition) is 8. The van der Waals surface area contributed by atoms with Crippen molar-refractivity contribution in [1.29, 1.82) is 0 Å². The van der Waals surface area contributed by atoms with E-state index in [1.165, 1.54) is 0 Å². The Hall–Kier alpha value is -2.49. The van der Waals surface area contributed by atoms with Crippen LogP contribution in [-0.2, 0) is 33.4 Å². The molecule has 0 aliphatic rings. The zero-order chi connectivity index (χ0) is 18.7. The van der Waals surface area contributed by atoms with Crippen molar-refractivity contribution in [1.82, 2.24) is 10.6 Å². The summed E-state index contributed by atoms with van der Waals surface area (Å²) < 4.78 is 8.87. The van der Waals surface area contributed by atoms with E-state index >= 15 is 0 Å². The summed E-state index contributed by atoms with van der Waals surface area (Å²) >= 11 is 0. The molecule has 10 nitrogen and oxygen atoms in total. The molecule has 0 saturated carbocycles. The summed E-state index contributed by atoms with van der Waals surface area (Å²) in [6.45, 7) is 1.25. The lowest BCUT2D eigenvalue weighted by molar-refractivity contribution is -0.150. The maximum Gasteiger partial charge on any atom is 0.328 e. The minimum Gasteiger partial charge on any atom is -0.469 e. The van der Waals surface area contributed by atoms with Crippen molar-refractivity contribution < 1.29 is 33.4 Å². The highest BCUT2D eigenvalue weighted by Crippen LogP contribution is 1.98. The molecule has 136 valence electrons. The topological polar surface area (TPSA) is 154 Å². The number of carbonyl (C=O) groups is 5. The van der Waals surface area contributed by atoms with Crippen LogP contribution in [0.15, 0.2) is 0 Å². The van der Waals surface area contributed by atoms with Gasteiger partial charge in [-0.2, -0.15) is 0 Å². The first kappa shape index (κ1) is 21.5. The number of esters is 2. The molecule has 4 N–H and O–H groups in total. The maximum atomic E-state index is 11.7. The van der Waals surface area contributed by atoms with Crippen molar-refractivity contribution in [2.45, 2.75) is 38.3 Å². The molecule has 0 aromatic carbocycles. The normalized spacial score (nSPS) is 12.5. The van der Waals surface area contributed by atoms with E-state index in [1.807, 2.05) is 6.92 Å². The van der Waals surface area contributed by atoms with Crippen molar-refractivity contribution >= 4 is 29.5 Å². The molecular formula is C14H23N3O7. The van der Waals surface area contributed by atoms with Gasteiger partial charge in [0.15, 0.2) is 0 Å². The Labute approximate surface area is 139 Å². The summed E-state index contributed by atoms with van der Waals surface area (Å²) in [5.41, 5.74) is 5.52. The van der Waals surface area contributed by atoms with E-state index in [-0.39, 0.29) is 0 Å². The number of nitrogens with two attached hydrogens (primary N) is 1. The predicted octanol–water partition coefficient (Wildman–Crippen LogP) is -1.98. The minimum atomic E-state index is -1.26. The fourth-order valence-corrected chi connectivity index (χ4v) is 1.69. The van der Waals surface area contributed by atoms with Gasteiger partial charge in [-0.15, -0.1) is 0 Å². The highest BCUT2D eigenvalue weighted by Gasteiger charge is 2.26. The average Bonchev–Trinajstić information content (AvgIpc) is 2.57. The fourth-order valence-electron chi connectivity index (χ4n) is 1.69. The highest BCUT2D eigenvalue weighted by molar-refractivity contribution is 6.38. The average molecular weight is 345 g/mol. The van der Waals surface area contributed by atoms with Crippen LogP contribution < -0.4 is 16.4 Å². The van der Waals surface area contributed by atoms with Crippen molar-refractivity contribution in [2.75, 3.05) is 20.8 Å². The lowest BCUT2D eigenvalue weighted by atomic mass is 10.1. The Morgan fingerprint density at radius 2 is 1.71 bits per heavy atom. The van der Waals surface area contributed by atoms with E-state index in [4.69, 9.17) is 5.73 Å². The minimum absolute atomic E-state index is 0.349. The Kier molecular flexibility index (Phi) is 9.96. The van der Waals surface area contributed by atoms with E-state index in [2.05, 4.69) is 20.1 Å². The molecule has 24 heavy (non-hydrogen) atoms. The molecule has 0 spiro atoms. The predicted molar refractivity (Wildman–Crippen MR) is 81.5 cm³/mol. The van der Waals surface area contributed by atoms with E-state index in [9.17, 15) is 24.0 Å². The van der Waals surface area contributed by atoms with Crippen molar-refractivity contribution in [2.24, 2.45) is 5.73 Å². The maximum absolute atomic E-state index is 11.7. The van der Waals surface area contributed by atoms with Gasteiger partial charge in [0.25, 0.3) is 5.91 Å². The van der Waals surface area contributed by atoms with Crippen LogP contribution in [-0.4, -0.2) is 62.4 Å². The molecule has 0 heterocycles. The van der Waals surface area contributed by atoms with Crippen LogP contribution in [0.25, 0.3) is 0 Å². The Morgan fingerprint density at radius 1 is 1.08 bits per heavy atom. The van der Waals surface area contributed by atoms with Crippen molar-refractivity contribution in [3.63, 3.8) is 0 Å². The van der Waals surface area contributed by atoms with Gasteiger partial charge in [-0.25, -0.2) is 4.79 Å². The van der Waals surface area contributed by atoms with Crippen LogP contribution >= 0.6 is 0 Å². The van der Waals surface area contributed by atoms with Crippen molar-refractivity contribution in [3.05, 3.63) is 0 Å². The van der Waals surface area contributed by atoms with Crippen LogP contribution in [0.3, 0.4) is 0 Å². The summed E-state index contributed by atoms with van der Waals surface area (Å²) in [4.78, 5) is 57.6. The third-order valence-electron chi connectivity index (χ3n) is 2.99. The molecule has 2 unspecified atom stereocenters. The van der Waals surface area contributed by atoms with Gasteiger partial charge in [-0.1, -0.05) is 13.3 Å². The number of rotatable bonds is 10. The molecule has 0 fully saturated rings. The SMILES string of the molecule is CCCC(N)C(=O)C(=O)NCC(=O)NC(CC(=O)OC)C(=O)OC. The Bertz CT molecular complexity index is 493. The van der Waals surface area contributed by atoms with Gasteiger partial charge >= 0.3 is 11.9 Å². The Balaban J connectivity index is 4.53. The first-order chi connectivity index (χ1) is 11.3. The van der Waals surface area contributed by atoms with E-state index in [0.717, 1.165) is 14.2 Å². The molecule has 2 atom stereocenters. The van der Waals surface area contributed by atoms with Gasteiger partial charge in [0.2, 0.25) is 11.7 Å². The van der Waals surface area contributed by atoms with Gasteiger partial charge < -0.3 is 25.8 Å². The van der Waals surface area contributed by atoms with Crippen LogP contribution in [0.4, 0.5) is 0 Å². The lowest BCUT2D eigenvalue weighted by Crippen LogP contribution is -2.49. The molecule has 0 saturated heterocycles. The highest BCUT2D eigenvalue weighted by atomic mass is 16.5. The summed E-state index contributed by atoms with van der Waals surface area (Å²) in [5, 5.41) is 4.31. The van der Waals surface area contributed by atoms with E-state index in [1.54, 1.807) is 0 Å². The van der Waals surface area contributed by atoms with Crippen LogP contribution in [0, 0.1) is 0 Å². The molecule has 0 aromatic heterocycles. The molecule has 10 heteroatoms. The quantitative estimate of drug-likeness (QED) is 0.304. The van der Waals surface area contributed by atoms with Crippen LogP contribution in [0.5, 0.6) is 0 Å². The summed E-state index contributed by atoms with van der Waals surface area (Å²) in [5.74, 6) is -4.17. The first-order valence-corrected chi connectivity index (χ1v) is 7.28. The molecule has 0 aromatic rings. The van der Waals surface area contributed by atoms with Gasteiger partial charge in [-0.05, 0) is 6.42 Å². The van der Waals surface area contributed by atoms with Crippen LogP contribution in [0.1, 0.15) is 26.2 Å². The fraction of sp³-hybridized carbons (Fsp3) is 0.643. The number of methoxy groups -OCH3 is 2. The van der Waals surface area contributed by atoms with E-state index < -0.39 is 54.6 Å². The number of ketones is 1. The number of amides is 2. The number of hydrogen-bond donors (Lipinski definition) is 3. The molecule has 0 aliphatic heterocycles. The summed E-state index contributed by atoms with van der Waals surface area (Å²) in [7, 11) is 2.22. The molecule has 0 radical (unpaired) electrons. The third-order valence-corrected chi connectivity index (χ3v) is 2.99. The smallest absolute Gasteiger partial charge is 0.328 e. The Morgan fingerprint density at radius 3 is 2.21 bits per heavy atom. The van der Waals surface area contributed by atoms with E-state index in [0.29, 0.717) is 12.8 Å². The number of Topliss-reactive ketones (excluding diaryl/α,β-unsaturated/α-hetero) is 1. The van der Waals surface area contributed by atoms with Gasteiger partial charge in [0, 0.05) is 0 Å². The largest absolute Gasteiger partial charge is 0.469 e. The summed E-state index contributed by atoms with van der Waals surface area (Å²) in [6.07, 6.45) is 0.556. The van der Waals surface area contributed by atoms with Gasteiger partial charge in [0.05, 0.1) is 33.2 Å². The van der Waals surface area contributed by atoms with Crippen LogP contribution in [0.2, 0.25) is 0 Å². The van der Waals surface area contributed by atoms with Gasteiger partial charge in [0.1, 0.15) is 6.04 Å². The zero-order valence-electron chi connectivity index (χ0n) is 13.9. The van der Waals surface area contributed by atoms with Crippen molar-refractivity contribution in [3.8, 4) is 0 Å². The third kappa shape index (κ3) is 7.68. The second-order valence-electron chi connectivity index (χ2n) is 4.87. The second kappa shape index (κ2) is 11.1. The lowest BCUT2D eigenvalue weighted by Gasteiger charge is -2.15. The second-order valence-corrected chi connectivity index (χ2v) is 4.87.